The Balaban J connectivity index is 3.18. The molecular formula is C9H16ClN3O2S. The van der Waals surface area contributed by atoms with Gasteiger partial charge in [0.15, 0.2) is 15.7 Å². The summed E-state index contributed by atoms with van der Waals surface area (Å²) in [5, 5.41) is 7.18. The standard InChI is InChI=1S/C9H16ClN3O2S/c1-4-5-13-8(6-10)11-12-9(13)7(2)16(3,14)15/h7H,4-6H2,1-3H3. The molecular weight excluding hydrogens is 250 g/mol. The summed E-state index contributed by atoms with van der Waals surface area (Å²) in [4.78, 5) is 0. The van der Waals surface area contributed by atoms with Crippen molar-refractivity contribution in [2.45, 2.75) is 37.9 Å². The van der Waals surface area contributed by atoms with E-state index in [9.17, 15) is 8.42 Å². The SMILES string of the molecule is CCCn1c(CCl)nnc1C(C)S(C)(=O)=O. The smallest absolute Gasteiger partial charge is 0.157 e. The molecule has 0 saturated heterocycles. The van der Waals surface area contributed by atoms with Crippen LogP contribution >= 0.6 is 11.6 Å². The predicted octanol–water partition coefficient (Wildman–Crippen LogP) is 1.53. The van der Waals surface area contributed by atoms with Gasteiger partial charge in [-0.15, -0.1) is 21.8 Å². The minimum atomic E-state index is -3.16. The molecule has 92 valence electrons. The molecule has 1 heterocycles. The van der Waals surface area contributed by atoms with E-state index < -0.39 is 15.1 Å². The molecule has 0 saturated carbocycles. The molecule has 1 atom stereocenters. The molecule has 0 N–H and O–H groups in total. The van der Waals surface area contributed by atoms with Gasteiger partial charge in [0.1, 0.15) is 11.1 Å². The van der Waals surface area contributed by atoms with Crippen molar-refractivity contribution < 1.29 is 8.42 Å². The zero-order valence-electron chi connectivity index (χ0n) is 9.64. The van der Waals surface area contributed by atoms with E-state index in [1.165, 1.54) is 6.26 Å². The third kappa shape index (κ3) is 2.74. The number of hydrogen-bond acceptors (Lipinski definition) is 4. The topological polar surface area (TPSA) is 64.8 Å². The summed E-state index contributed by atoms with van der Waals surface area (Å²) < 4.78 is 24.7. The van der Waals surface area contributed by atoms with Crippen molar-refractivity contribution in [2.24, 2.45) is 0 Å². The van der Waals surface area contributed by atoms with Gasteiger partial charge in [-0.05, 0) is 13.3 Å². The normalized spacial score (nSPS) is 14.0. The second kappa shape index (κ2) is 5.14. The van der Waals surface area contributed by atoms with E-state index in [1.54, 1.807) is 11.5 Å². The van der Waals surface area contributed by atoms with Gasteiger partial charge in [0, 0.05) is 12.8 Å². The van der Waals surface area contributed by atoms with Gasteiger partial charge in [-0.3, -0.25) is 0 Å². The summed E-state index contributed by atoms with van der Waals surface area (Å²) in [7, 11) is -3.16. The first-order valence-corrected chi connectivity index (χ1v) is 7.57. The van der Waals surface area contributed by atoms with E-state index in [-0.39, 0.29) is 5.88 Å². The first kappa shape index (κ1) is 13.4. The van der Waals surface area contributed by atoms with Crippen LogP contribution in [-0.4, -0.2) is 29.4 Å². The zero-order chi connectivity index (χ0) is 12.3. The highest BCUT2D eigenvalue weighted by molar-refractivity contribution is 7.90. The van der Waals surface area contributed by atoms with Gasteiger partial charge in [-0.2, -0.15) is 0 Å². The van der Waals surface area contributed by atoms with Crippen molar-refractivity contribution in [3.05, 3.63) is 11.6 Å². The number of hydrogen-bond donors (Lipinski definition) is 0. The molecule has 0 aromatic carbocycles. The lowest BCUT2D eigenvalue weighted by molar-refractivity contribution is 0.574. The average molecular weight is 266 g/mol. The van der Waals surface area contributed by atoms with Crippen LogP contribution in [0.25, 0.3) is 0 Å². The largest absolute Gasteiger partial charge is 0.313 e. The second-order valence-corrected chi connectivity index (χ2v) is 6.36. The van der Waals surface area contributed by atoms with Gasteiger partial charge in [0.05, 0.1) is 5.88 Å². The van der Waals surface area contributed by atoms with E-state index in [1.807, 2.05) is 6.92 Å². The summed E-state index contributed by atoms with van der Waals surface area (Å²) in [6, 6.07) is 0. The molecule has 1 aromatic rings. The molecule has 0 spiro atoms. The van der Waals surface area contributed by atoms with E-state index in [0.29, 0.717) is 18.2 Å². The minimum absolute atomic E-state index is 0.240. The molecule has 1 aromatic heterocycles. The lowest BCUT2D eigenvalue weighted by atomic mass is 10.4. The zero-order valence-corrected chi connectivity index (χ0v) is 11.2. The molecule has 7 heteroatoms. The Kier molecular flexibility index (Phi) is 4.32. The highest BCUT2D eigenvalue weighted by atomic mass is 35.5. The van der Waals surface area contributed by atoms with Crippen molar-refractivity contribution in [1.29, 1.82) is 0 Å². The van der Waals surface area contributed by atoms with E-state index in [4.69, 9.17) is 11.6 Å². The highest BCUT2D eigenvalue weighted by Gasteiger charge is 2.24. The highest BCUT2D eigenvalue weighted by Crippen LogP contribution is 2.20. The molecule has 16 heavy (non-hydrogen) atoms. The Morgan fingerprint density at radius 1 is 1.44 bits per heavy atom. The fourth-order valence-electron chi connectivity index (χ4n) is 1.41. The van der Waals surface area contributed by atoms with Crippen molar-refractivity contribution in [3.8, 4) is 0 Å². The number of aromatic nitrogens is 3. The molecule has 0 radical (unpaired) electrons. The first-order valence-electron chi connectivity index (χ1n) is 5.08. The van der Waals surface area contributed by atoms with Crippen LogP contribution in [0.5, 0.6) is 0 Å². The second-order valence-electron chi connectivity index (χ2n) is 3.73. The number of sulfone groups is 1. The Hall–Kier alpha value is -0.620. The number of alkyl halides is 1. The maximum absolute atomic E-state index is 11.5. The van der Waals surface area contributed by atoms with Crippen LogP contribution in [0.2, 0.25) is 0 Å². The lowest BCUT2D eigenvalue weighted by Crippen LogP contribution is -2.15. The van der Waals surface area contributed by atoms with Crippen LogP contribution in [0.15, 0.2) is 0 Å². The van der Waals surface area contributed by atoms with Crippen molar-refractivity contribution >= 4 is 21.4 Å². The Labute approximate surface area is 101 Å². The fourth-order valence-corrected chi connectivity index (χ4v) is 2.16. The van der Waals surface area contributed by atoms with Gasteiger partial charge < -0.3 is 4.57 Å². The van der Waals surface area contributed by atoms with Gasteiger partial charge in [0.25, 0.3) is 0 Å². The first-order chi connectivity index (χ1) is 7.41. The fraction of sp³-hybridized carbons (Fsp3) is 0.778. The van der Waals surface area contributed by atoms with Gasteiger partial charge in [0.2, 0.25) is 0 Å². The summed E-state index contributed by atoms with van der Waals surface area (Å²) in [6.45, 7) is 4.31. The third-order valence-corrected chi connectivity index (χ3v) is 4.16. The van der Waals surface area contributed by atoms with Crippen molar-refractivity contribution in [2.75, 3.05) is 6.26 Å². The Bertz CT molecular complexity index is 455. The van der Waals surface area contributed by atoms with Crippen LogP contribution in [0.1, 0.15) is 37.2 Å². The molecule has 1 rings (SSSR count). The quantitative estimate of drug-likeness (QED) is 0.758. The maximum Gasteiger partial charge on any atom is 0.157 e. The maximum atomic E-state index is 11.5. The lowest BCUT2D eigenvalue weighted by Gasteiger charge is -2.12. The van der Waals surface area contributed by atoms with Gasteiger partial charge >= 0.3 is 0 Å². The van der Waals surface area contributed by atoms with Gasteiger partial charge in [-0.25, -0.2) is 8.42 Å². The van der Waals surface area contributed by atoms with Gasteiger partial charge in [-0.1, -0.05) is 6.92 Å². The monoisotopic (exact) mass is 265 g/mol. The summed E-state index contributed by atoms with van der Waals surface area (Å²) in [5.74, 6) is 1.33. The van der Waals surface area contributed by atoms with E-state index in [2.05, 4.69) is 10.2 Å². The summed E-state index contributed by atoms with van der Waals surface area (Å²) in [5.41, 5.74) is 0. The number of nitrogens with zero attached hydrogens (tertiary/aromatic N) is 3. The third-order valence-electron chi connectivity index (χ3n) is 2.43. The molecule has 5 nitrogen and oxygen atoms in total. The summed E-state index contributed by atoms with van der Waals surface area (Å²) in [6.07, 6.45) is 2.08. The minimum Gasteiger partial charge on any atom is -0.313 e. The Morgan fingerprint density at radius 2 is 2.06 bits per heavy atom. The average Bonchev–Trinajstić information content (AvgIpc) is 2.59. The van der Waals surface area contributed by atoms with E-state index in [0.717, 1.165) is 6.42 Å². The van der Waals surface area contributed by atoms with Crippen LogP contribution in [0.4, 0.5) is 0 Å². The van der Waals surface area contributed by atoms with Crippen LogP contribution in [0, 0.1) is 0 Å². The number of rotatable bonds is 5. The van der Waals surface area contributed by atoms with Crippen molar-refractivity contribution in [3.63, 3.8) is 0 Å². The molecule has 0 aliphatic heterocycles. The molecule has 0 amide bonds. The number of halogens is 1. The predicted molar refractivity (Wildman–Crippen MR) is 63.1 cm³/mol. The van der Waals surface area contributed by atoms with Crippen molar-refractivity contribution in [1.82, 2.24) is 14.8 Å². The molecule has 1 unspecified atom stereocenters. The molecule has 0 aliphatic carbocycles. The Morgan fingerprint density at radius 3 is 2.50 bits per heavy atom. The van der Waals surface area contributed by atoms with Crippen LogP contribution in [0.3, 0.4) is 0 Å². The summed E-state index contributed by atoms with van der Waals surface area (Å²) >= 11 is 5.73. The van der Waals surface area contributed by atoms with Crippen LogP contribution in [-0.2, 0) is 22.3 Å². The molecule has 0 fully saturated rings. The molecule has 0 bridgehead atoms. The molecule has 0 aliphatic rings. The van der Waals surface area contributed by atoms with Crippen LogP contribution < -0.4 is 0 Å². The van der Waals surface area contributed by atoms with E-state index >= 15 is 0 Å².